The van der Waals surface area contributed by atoms with E-state index in [4.69, 9.17) is 4.74 Å². The summed E-state index contributed by atoms with van der Waals surface area (Å²) in [6.45, 7) is 5.64. The van der Waals surface area contributed by atoms with Crippen molar-refractivity contribution in [2.24, 2.45) is 10.9 Å². The maximum atomic E-state index is 5.42. The molecule has 7 heteroatoms. The summed E-state index contributed by atoms with van der Waals surface area (Å²) in [7, 11) is 3.90. The lowest BCUT2D eigenvalue weighted by Crippen LogP contribution is -2.41. The van der Waals surface area contributed by atoms with Crippen LogP contribution in [0.4, 0.5) is 0 Å². The molecule has 0 bridgehead atoms. The molecule has 0 amide bonds. The number of hydrogen-bond acceptors (Lipinski definition) is 4. The highest BCUT2D eigenvalue weighted by Gasteiger charge is 2.19. The zero-order chi connectivity index (χ0) is 14.4. The number of guanidine groups is 1. The molecule has 1 atom stereocenters. The third-order valence-corrected chi connectivity index (χ3v) is 4.62. The van der Waals surface area contributed by atoms with Crippen LogP contribution in [-0.2, 0) is 17.7 Å². The molecule has 1 unspecified atom stereocenters. The van der Waals surface area contributed by atoms with E-state index in [1.54, 1.807) is 11.3 Å². The first-order valence-corrected chi connectivity index (χ1v) is 7.97. The van der Waals surface area contributed by atoms with Crippen molar-refractivity contribution in [3.8, 4) is 0 Å². The second-order valence-electron chi connectivity index (χ2n) is 5.08. The van der Waals surface area contributed by atoms with E-state index in [-0.39, 0.29) is 24.0 Å². The van der Waals surface area contributed by atoms with Gasteiger partial charge in [0.05, 0.1) is 13.2 Å². The maximum absolute atomic E-state index is 5.42. The highest BCUT2D eigenvalue weighted by molar-refractivity contribution is 14.0. The van der Waals surface area contributed by atoms with E-state index in [0.29, 0.717) is 5.92 Å². The number of rotatable bonds is 5. The van der Waals surface area contributed by atoms with Crippen molar-refractivity contribution in [3.05, 3.63) is 16.1 Å². The van der Waals surface area contributed by atoms with Crippen molar-refractivity contribution in [2.75, 3.05) is 33.9 Å². The summed E-state index contributed by atoms with van der Waals surface area (Å²) in [4.78, 5) is 12.3. The summed E-state index contributed by atoms with van der Waals surface area (Å²) in [5.74, 6) is 1.54. The number of nitrogens with one attached hydrogen (secondary N) is 1. The van der Waals surface area contributed by atoms with E-state index in [2.05, 4.69) is 34.2 Å². The van der Waals surface area contributed by atoms with Crippen molar-refractivity contribution in [2.45, 2.75) is 26.3 Å². The first kappa shape index (κ1) is 18.6. The van der Waals surface area contributed by atoms with Crippen LogP contribution in [0.25, 0.3) is 0 Å². The van der Waals surface area contributed by atoms with Crippen molar-refractivity contribution < 1.29 is 4.74 Å². The van der Waals surface area contributed by atoms with Gasteiger partial charge in [-0.2, -0.15) is 0 Å². The number of aromatic nitrogens is 1. The largest absolute Gasteiger partial charge is 0.381 e. The third kappa shape index (κ3) is 5.71. The van der Waals surface area contributed by atoms with Crippen LogP contribution in [-0.4, -0.2) is 49.7 Å². The zero-order valence-electron chi connectivity index (χ0n) is 13.0. The number of aryl methyl sites for hydroxylation is 1. The number of ether oxygens (including phenoxy) is 1. The van der Waals surface area contributed by atoms with Gasteiger partial charge in [0, 0.05) is 44.2 Å². The first-order valence-electron chi connectivity index (χ1n) is 7.16. The molecular formula is C14H25IN4OS. The van der Waals surface area contributed by atoms with Crippen LogP contribution in [0.15, 0.2) is 11.2 Å². The van der Waals surface area contributed by atoms with E-state index >= 15 is 0 Å². The minimum atomic E-state index is 0. The Bertz CT molecular complexity index is 446. The van der Waals surface area contributed by atoms with Gasteiger partial charge in [-0.1, -0.05) is 6.92 Å². The van der Waals surface area contributed by atoms with Gasteiger partial charge in [-0.3, -0.25) is 4.99 Å². The number of aliphatic imine (C=N–C) groups is 1. The fourth-order valence-corrected chi connectivity index (χ4v) is 3.14. The minimum Gasteiger partial charge on any atom is -0.381 e. The predicted octanol–water partition coefficient (Wildman–Crippen LogP) is 2.37. The summed E-state index contributed by atoms with van der Waals surface area (Å²) in [6, 6.07) is 0. The molecule has 0 aliphatic carbocycles. The van der Waals surface area contributed by atoms with Crippen LogP contribution in [0.2, 0.25) is 0 Å². The highest BCUT2D eigenvalue weighted by atomic mass is 127. The van der Waals surface area contributed by atoms with Gasteiger partial charge < -0.3 is 15.0 Å². The molecule has 1 aromatic rings. The van der Waals surface area contributed by atoms with Crippen LogP contribution in [0.5, 0.6) is 0 Å². The van der Waals surface area contributed by atoms with E-state index in [1.165, 1.54) is 4.88 Å². The van der Waals surface area contributed by atoms with Gasteiger partial charge in [-0.05, 0) is 12.8 Å². The molecule has 21 heavy (non-hydrogen) atoms. The van der Waals surface area contributed by atoms with E-state index in [9.17, 15) is 0 Å². The van der Waals surface area contributed by atoms with Gasteiger partial charge in [0.1, 0.15) is 5.01 Å². The van der Waals surface area contributed by atoms with Crippen LogP contribution >= 0.6 is 35.3 Å². The molecule has 120 valence electrons. The molecule has 0 spiro atoms. The molecule has 1 N–H and O–H groups in total. The molecule has 1 aromatic heterocycles. The molecule has 2 heterocycles. The Labute approximate surface area is 148 Å². The topological polar surface area (TPSA) is 49.8 Å². The quantitative estimate of drug-likeness (QED) is 0.448. The normalized spacial score (nSPS) is 18.4. The van der Waals surface area contributed by atoms with Crippen molar-refractivity contribution in [3.63, 3.8) is 0 Å². The average molecular weight is 424 g/mol. The maximum Gasteiger partial charge on any atom is 0.193 e. The van der Waals surface area contributed by atoms with Crippen molar-refractivity contribution >= 4 is 41.3 Å². The first-order chi connectivity index (χ1) is 9.72. The highest BCUT2D eigenvalue weighted by Crippen LogP contribution is 2.14. The summed E-state index contributed by atoms with van der Waals surface area (Å²) in [5, 5.41) is 4.49. The van der Waals surface area contributed by atoms with E-state index < -0.39 is 0 Å². The van der Waals surface area contributed by atoms with Crippen LogP contribution < -0.4 is 5.32 Å². The molecule has 0 aromatic carbocycles. The van der Waals surface area contributed by atoms with Gasteiger partial charge in [0.2, 0.25) is 0 Å². The Morgan fingerprint density at radius 2 is 2.43 bits per heavy atom. The molecule has 2 rings (SSSR count). The summed E-state index contributed by atoms with van der Waals surface area (Å²) in [5.41, 5.74) is 0. The number of nitrogens with zero attached hydrogens (tertiary/aromatic N) is 3. The summed E-state index contributed by atoms with van der Waals surface area (Å²) >= 11 is 1.76. The lowest BCUT2D eigenvalue weighted by molar-refractivity contribution is 0.181. The van der Waals surface area contributed by atoms with Crippen LogP contribution in [0.1, 0.15) is 23.2 Å². The summed E-state index contributed by atoms with van der Waals surface area (Å²) < 4.78 is 5.42. The number of thiazole rings is 1. The second-order valence-corrected chi connectivity index (χ2v) is 6.28. The number of halogens is 1. The van der Waals surface area contributed by atoms with Gasteiger partial charge in [-0.25, -0.2) is 4.98 Å². The van der Waals surface area contributed by atoms with Gasteiger partial charge in [0.15, 0.2) is 5.96 Å². The molecular weight excluding hydrogens is 399 g/mol. The monoisotopic (exact) mass is 424 g/mol. The molecule has 1 saturated heterocycles. The van der Waals surface area contributed by atoms with Crippen LogP contribution in [0, 0.1) is 5.92 Å². The molecule has 0 saturated carbocycles. The Balaban J connectivity index is 0.00000220. The Kier molecular flexibility index (Phi) is 8.50. The Morgan fingerprint density at radius 1 is 1.62 bits per heavy atom. The number of hydrogen-bond donors (Lipinski definition) is 1. The van der Waals surface area contributed by atoms with Gasteiger partial charge in [0.25, 0.3) is 0 Å². The Morgan fingerprint density at radius 3 is 3.00 bits per heavy atom. The average Bonchev–Trinajstić information content (AvgIpc) is 3.10. The van der Waals surface area contributed by atoms with Gasteiger partial charge in [-0.15, -0.1) is 35.3 Å². The predicted molar refractivity (Wildman–Crippen MR) is 98.7 cm³/mol. The Hall–Kier alpha value is -0.410. The fourth-order valence-electron chi connectivity index (χ4n) is 2.33. The summed E-state index contributed by atoms with van der Waals surface area (Å²) in [6.07, 6.45) is 4.16. The molecule has 5 nitrogen and oxygen atoms in total. The van der Waals surface area contributed by atoms with Crippen molar-refractivity contribution in [1.29, 1.82) is 0 Å². The molecule has 0 radical (unpaired) electrons. The minimum absolute atomic E-state index is 0. The van der Waals surface area contributed by atoms with Crippen LogP contribution in [0.3, 0.4) is 0 Å². The molecule has 1 fully saturated rings. The fraction of sp³-hybridized carbons (Fsp3) is 0.714. The lowest BCUT2D eigenvalue weighted by atomic mass is 10.1. The van der Waals surface area contributed by atoms with E-state index in [1.807, 2.05) is 13.2 Å². The smallest absolute Gasteiger partial charge is 0.193 e. The zero-order valence-corrected chi connectivity index (χ0v) is 16.1. The standard InChI is InChI=1S/C14H24N4OS.HI/c1-4-12-7-16-13(20-12)8-17-14(15-2)18(3)9-11-5-6-19-10-11;/h7,11H,4-6,8-10H2,1-3H3,(H,15,17);1H. The molecule has 1 aliphatic rings. The van der Waals surface area contributed by atoms with E-state index in [0.717, 1.165) is 50.1 Å². The van der Waals surface area contributed by atoms with Gasteiger partial charge >= 0.3 is 0 Å². The lowest BCUT2D eigenvalue weighted by Gasteiger charge is -2.24. The second kappa shape index (κ2) is 9.58. The van der Waals surface area contributed by atoms with Crippen molar-refractivity contribution in [1.82, 2.24) is 15.2 Å². The molecule has 1 aliphatic heterocycles. The third-order valence-electron chi connectivity index (χ3n) is 3.48. The SMILES string of the molecule is CCc1cnc(CNC(=NC)N(C)CC2CCOC2)s1.I.